The molecule has 70 valence electrons. The lowest BCUT2D eigenvalue weighted by Gasteiger charge is -1.95. The molecule has 0 aromatic carbocycles. The number of aliphatic imine (C=N–C) groups is 1. The largest absolute Gasteiger partial charge is 0.483 e. The van der Waals surface area contributed by atoms with E-state index in [4.69, 9.17) is 21.5 Å². The fourth-order valence-corrected chi connectivity index (χ4v) is 0.440. The van der Waals surface area contributed by atoms with Crippen LogP contribution in [0.3, 0.4) is 0 Å². The monoisotopic (exact) mass is 182 g/mol. The number of nitriles is 1. The number of nitrogens with zero attached hydrogens (tertiary/aromatic N) is 2. The highest BCUT2D eigenvalue weighted by molar-refractivity contribution is 5.92. The first-order valence-electron chi connectivity index (χ1n) is 3.47. The van der Waals surface area contributed by atoms with Gasteiger partial charge in [0.05, 0.1) is 6.61 Å². The summed E-state index contributed by atoms with van der Waals surface area (Å²) in [6, 6.07) is 1.62. The van der Waals surface area contributed by atoms with Crippen molar-refractivity contribution < 1.29 is 9.53 Å². The highest BCUT2D eigenvalue weighted by atomic mass is 16.5. The molecule has 1 amide bonds. The molecule has 0 unspecified atom stereocenters. The third-order valence-electron chi connectivity index (χ3n) is 1.05. The zero-order chi connectivity index (χ0) is 10.3. The minimum atomic E-state index is -0.884. The van der Waals surface area contributed by atoms with E-state index < -0.39 is 5.91 Å². The molecule has 0 saturated carbocycles. The maximum absolute atomic E-state index is 10.5. The Bertz CT molecular complexity index is 287. The lowest BCUT2D eigenvalue weighted by Crippen LogP contribution is -2.21. The van der Waals surface area contributed by atoms with Crippen molar-refractivity contribution in [2.75, 3.05) is 6.61 Å². The Labute approximate surface area is 75.5 Å². The zero-order valence-electron chi connectivity index (χ0n) is 7.15. The molecule has 0 aromatic heterocycles. The van der Waals surface area contributed by atoms with Crippen LogP contribution in [-0.2, 0) is 9.53 Å². The number of nitrogens with two attached hydrogens (primary N) is 2. The molecule has 0 atom stereocenters. The Balaban J connectivity index is 4.62. The second-order valence-electron chi connectivity index (χ2n) is 1.93. The van der Waals surface area contributed by atoms with Gasteiger partial charge >= 0.3 is 0 Å². The maximum atomic E-state index is 10.5. The van der Waals surface area contributed by atoms with Crippen molar-refractivity contribution in [1.29, 1.82) is 5.26 Å². The Morgan fingerprint density at radius 3 is 2.69 bits per heavy atom. The normalized spacial score (nSPS) is 12.0. The van der Waals surface area contributed by atoms with Gasteiger partial charge in [-0.15, -0.1) is 0 Å². The molecular weight excluding hydrogens is 172 g/mol. The fraction of sp³-hybridized carbons (Fsp3) is 0.286. The predicted octanol–water partition coefficient (Wildman–Crippen LogP) is -0.770. The molecule has 13 heavy (non-hydrogen) atoms. The van der Waals surface area contributed by atoms with E-state index >= 15 is 0 Å². The quantitative estimate of drug-likeness (QED) is 0.257. The minimum absolute atomic E-state index is 0.249. The van der Waals surface area contributed by atoms with E-state index in [1.807, 2.05) is 0 Å². The highest BCUT2D eigenvalue weighted by Gasteiger charge is 2.05. The summed E-state index contributed by atoms with van der Waals surface area (Å²) in [6.45, 7) is 2.16. The van der Waals surface area contributed by atoms with Crippen LogP contribution in [0.15, 0.2) is 16.4 Å². The van der Waals surface area contributed by atoms with E-state index in [-0.39, 0.29) is 11.4 Å². The van der Waals surface area contributed by atoms with Crippen LogP contribution in [0, 0.1) is 11.3 Å². The second-order valence-corrected chi connectivity index (χ2v) is 1.93. The lowest BCUT2D eigenvalue weighted by atomic mass is 10.3. The number of allylic oxidation sites excluding steroid dienone is 1. The van der Waals surface area contributed by atoms with Crippen molar-refractivity contribution in [3.8, 4) is 6.07 Å². The van der Waals surface area contributed by atoms with Gasteiger partial charge in [0.25, 0.3) is 5.91 Å². The van der Waals surface area contributed by atoms with Crippen molar-refractivity contribution >= 4 is 12.3 Å². The number of hydrogen-bond donors (Lipinski definition) is 2. The van der Waals surface area contributed by atoms with E-state index in [1.165, 1.54) is 0 Å². The van der Waals surface area contributed by atoms with Crippen LogP contribution >= 0.6 is 0 Å². The molecule has 6 heteroatoms. The van der Waals surface area contributed by atoms with Crippen LogP contribution in [0.1, 0.15) is 6.92 Å². The van der Waals surface area contributed by atoms with E-state index in [9.17, 15) is 4.79 Å². The third kappa shape index (κ3) is 3.76. The molecule has 0 heterocycles. The van der Waals surface area contributed by atoms with Gasteiger partial charge in [0.2, 0.25) is 0 Å². The number of carbonyl (C=O) groups is 1. The first-order valence-corrected chi connectivity index (χ1v) is 3.47. The van der Waals surface area contributed by atoms with Crippen LogP contribution in [0.2, 0.25) is 0 Å². The molecule has 0 radical (unpaired) electrons. The molecule has 0 spiro atoms. The van der Waals surface area contributed by atoms with Gasteiger partial charge in [-0.05, 0) is 6.92 Å². The average molecular weight is 182 g/mol. The summed E-state index contributed by atoms with van der Waals surface area (Å²) in [5.41, 5.74) is 9.37. The summed E-state index contributed by atoms with van der Waals surface area (Å²) < 4.78 is 4.71. The van der Waals surface area contributed by atoms with Gasteiger partial charge < -0.3 is 16.2 Å². The van der Waals surface area contributed by atoms with Crippen molar-refractivity contribution in [2.24, 2.45) is 16.5 Å². The molecule has 0 aromatic rings. The minimum Gasteiger partial charge on any atom is -0.483 e. The van der Waals surface area contributed by atoms with Gasteiger partial charge in [0.15, 0.2) is 12.1 Å². The van der Waals surface area contributed by atoms with Crippen LogP contribution in [-0.4, -0.2) is 18.9 Å². The maximum Gasteiger partial charge on any atom is 0.267 e. The standard InChI is InChI=1S/C7H10N4O2/c1-2-13-4-11-5(3-8)6(9)7(10)12/h4H,2,9H2,1H3,(H2,10,12)/b6-5-,11-4?. The van der Waals surface area contributed by atoms with Gasteiger partial charge in [-0.2, -0.15) is 5.26 Å². The summed E-state index contributed by atoms with van der Waals surface area (Å²) in [6.07, 6.45) is 1.04. The van der Waals surface area contributed by atoms with Crippen LogP contribution in [0.5, 0.6) is 0 Å². The second kappa shape index (κ2) is 5.60. The summed E-state index contributed by atoms with van der Waals surface area (Å²) >= 11 is 0. The SMILES string of the molecule is CCOC=N/C(C#N)=C(\N)C(N)=O. The number of ether oxygens (including phenoxy) is 1. The van der Waals surface area contributed by atoms with Gasteiger partial charge in [-0.25, -0.2) is 4.99 Å². The van der Waals surface area contributed by atoms with Gasteiger partial charge in [0.1, 0.15) is 11.8 Å². The first-order chi connectivity index (χ1) is 6.13. The molecule has 0 rings (SSSR count). The lowest BCUT2D eigenvalue weighted by molar-refractivity contribution is -0.114. The molecule has 0 bridgehead atoms. The van der Waals surface area contributed by atoms with Crippen LogP contribution < -0.4 is 11.5 Å². The topological polar surface area (TPSA) is 114 Å². The number of hydrogen-bond acceptors (Lipinski definition) is 5. The smallest absolute Gasteiger partial charge is 0.267 e. The van der Waals surface area contributed by atoms with Crippen molar-refractivity contribution in [2.45, 2.75) is 6.92 Å². The van der Waals surface area contributed by atoms with Crippen molar-refractivity contribution in [3.63, 3.8) is 0 Å². The third-order valence-corrected chi connectivity index (χ3v) is 1.05. The number of primary amides is 1. The van der Waals surface area contributed by atoms with Crippen molar-refractivity contribution in [1.82, 2.24) is 0 Å². The summed E-state index contributed by atoms with van der Waals surface area (Å²) in [5, 5.41) is 8.48. The van der Waals surface area contributed by atoms with Crippen LogP contribution in [0.4, 0.5) is 0 Å². The van der Waals surface area contributed by atoms with E-state index in [0.29, 0.717) is 6.61 Å². The van der Waals surface area contributed by atoms with E-state index in [0.717, 1.165) is 6.40 Å². The average Bonchev–Trinajstić information content (AvgIpc) is 2.11. The fourth-order valence-electron chi connectivity index (χ4n) is 0.440. The molecule has 4 N–H and O–H groups in total. The van der Waals surface area contributed by atoms with Gasteiger partial charge in [0, 0.05) is 0 Å². The highest BCUT2D eigenvalue weighted by Crippen LogP contribution is 1.97. The number of carbonyl (C=O) groups excluding carboxylic acids is 1. The van der Waals surface area contributed by atoms with Gasteiger partial charge in [-0.3, -0.25) is 4.79 Å². The molecule has 0 saturated heterocycles. The van der Waals surface area contributed by atoms with E-state index in [1.54, 1.807) is 13.0 Å². The predicted molar refractivity (Wildman–Crippen MR) is 46.1 cm³/mol. The zero-order valence-corrected chi connectivity index (χ0v) is 7.15. The van der Waals surface area contributed by atoms with Crippen LogP contribution in [0.25, 0.3) is 0 Å². The first kappa shape index (κ1) is 11.0. The molecule has 0 aliphatic heterocycles. The van der Waals surface area contributed by atoms with Crippen molar-refractivity contribution in [3.05, 3.63) is 11.4 Å². The molecule has 0 aliphatic rings. The molecule has 0 aliphatic carbocycles. The molecule has 0 fully saturated rings. The van der Waals surface area contributed by atoms with Gasteiger partial charge in [-0.1, -0.05) is 0 Å². The summed E-state index contributed by atoms with van der Waals surface area (Å²) in [5.74, 6) is -0.884. The summed E-state index contributed by atoms with van der Waals surface area (Å²) in [4.78, 5) is 14.0. The number of rotatable bonds is 4. The molecule has 6 nitrogen and oxygen atoms in total. The van der Waals surface area contributed by atoms with E-state index in [2.05, 4.69) is 4.99 Å². The Morgan fingerprint density at radius 2 is 2.31 bits per heavy atom. The summed E-state index contributed by atoms with van der Waals surface area (Å²) in [7, 11) is 0. The Morgan fingerprint density at radius 1 is 1.69 bits per heavy atom. The number of amides is 1. The Kier molecular flexibility index (Phi) is 4.72. The molecular formula is C7H10N4O2. The Hall–Kier alpha value is -2.03.